The second-order valence-electron chi connectivity index (χ2n) is 4.32. The molecule has 1 aliphatic carbocycles. The highest BCUT2D eigenvalue weighted by atomic mass is 19.1. The van der Waals surface area contributed by atoms with Gasteiger partial charge in [0.1, 0.15) is 6.67 Å². The van der Waals surface area contributed by atoms with E-state index in [1.165, 1.54) is 6.42 Å². The predicted molar refractivity (Wildman–Crippen MR) is 52.5 cm³/mol. The first-order valence-electron chi connectivity index (χ1n) is 5.10. The summed E-state index contributed by atoms with van der Waals surface area (Å²) < 4.78 is 12.6. The largest absolute Gasteiger partial charge is 0.244 e. The van der Waals surface area contributed by atoms with Crippen LogP contribution in [0.1, 0.15) is 37.4 Å². The molecule has 1 aromatic rings. The van der Waals surface area contributed by atoms with Gasteiger partial charge in [-0.05, 0) is 35.8 Å². The SMILES string of the molecule is CC(C)[C@H]1C[C@@H]1c1ccnnc1CF. The average Bonchev–Trinajstić information content (AvgIpc) is 2.97. The Bertz CT molecular complexity index is 325. The van der Waals surface area contributed by atoms with E-state index in [0.29, 0.717) is 23.4 Å². The summed E-state index contributed by atoms with van der Waals surface area (Å²) in [6.07, 6.45) is 2.83. The molecule has 1 aromatic heterocycles. The zero-order valence-electron chi connectivity index (χ0n) is 8.57. The lowest BCUT2D eigenvalue weighted by molar-refractivity contribution is 0.466. The Kier molecular flexibility index (Phi) is 2.48. The van der Waals surface area contributed by atoms with Gasteiger partial charge in [0.05, 0.1) is 5.69 Å². The molecule has 0 amide bonds. The molecule has 2 rings (SSSR count). The Hall–Kier alpha value is -0.990. The Labute approximate surface area is 83.6 Å². The zero-order valence-corrected chi connectivity index (χ0v) is 8.57. The van der Waals surface area contributed by atoms with Gasteiger partial charge >= 0.3 is 0 Å². The Balaban J connectivity index is 2.18. The molecule has 1 aliphatic rings. The first kappa shape index (κ1) is 9.56. The van der Waals surface area contributed by atoms with Crippen LogP contribution >= 0.6 is 0 Å². The van der Waals surface area contributed by atoms with E-state index in [0.717, 1.165) is 5.56 Å². The van der Waals surface area contributed by atoms with Crippen LogP contribution in [0.2, 0.25) is 0 Å². The molecule has 0 spiro atoms. The van der Waals surface area contributed by atoms with Crippen molar-refractivity contribution in [3.63, 3.8) is 0 Å². The molecule has 1 heterocycles. The summed E-state index contributed by atoms with van der Waals surface area (Å²) in [5, 5.41) is 7.53. The van der Waals surface area contributed by atoms with Crippen molar-refractivity contribution >= 4 is 0 Å². The van der Waals surface area contributed by atoms with Crippen LogP contribution in [0.3, 0.4) is 0 Å². The smallest absolute Gasteiger partial charge is 0.134 e. The van der Waals surface area contributed by atoms with Crippen LogP contribution in [-0.4, -0.2) is 10.2 Å². The van der Waals surface area contributed by atoms with Crippen LogP contribution in [0.4, 0.5) is 4.39 Å². The van der Waals surface area contributed by atoms with E-state index < -0.39 is 6.67 Å². The molecule has 0 radical (unpaired) electrons. The van der Waals surface area contributed by atoms with E-state index in [9.17, 15) is 4.39 Å². The van der Waals surface area contributed by atoms with Gasteiger partial charge in [-0.15, -0.1) is 0 Å². The molecular formula is C11H15FN2. The Morgan fingerprint density at radius 1 is 1.57 bits per heavy atom. The van der Waals surface area contributed by atoms with Crippen molar-refractivity contribution in [1.29, 1.82) is 0 Å². The summed E-state index contributed by atoms with van der Waals surface area (Å²) in [4.78, 5) is 0. The predicted octanol–water partition coefficient (Wildman–Crippen LogP) is 2.71. The fourth-order valence-electron chi connectivity index (χ4n) is 2.12. The lowest BCUT2D eigenvalue weighted by atomic mass is 10.0. The summed E-state index contributed by atoms with van der Waals surface area (Å²) in [5.74, 6) is 1.92. The van der Waals surface area contributed by atoms with Gasteiger partial charge in [-0.1, -0.05) is 13.8 Å². The highest BCUT2D eigenvalue weighted by molar-refractivity contribution is 5.28. The van der Waals surface area contributed by atoms with Gasteiger partial charge in [0.25, 0.3) is 0 Å². The molecule has 76 valence electrons. The Morgan fingerprint density at radius 3 is 2.93 bits per heavy atom. The lowest BCUT2D eigenvalue weighted by Crippen LogP contribution is -1.99. The fraction of sp³-hybridized carbons (Fsp3) is 0.636. The molecule has 1 fully saturated rings. The summed E-state index contributed by atoms with van der Waals surface area (Å²) >= 11 is 0. The zero-order chi connectivity index (χ0) is 10.1. The van der Waals surface area contributed by atoms with Crippen LogP contribution in [0.5, 0.6) is 0 Å². The van der Waals surface area contributed by atoms with Crippen molar-refractivity contribution in [2.75, 3.05) is 0 Å². The Morgan fingerprint density at radius 2 is 2.36 bits per heavy atom. The minimum absolute atomic E-state index is 0.496. The summed E-state index contributed by atoms with van der Waals surface area (Å²) in [6, 6.07) is 1.91. The van der Waals surface area contributed by atoms with E-state index in [1.54, 1.807) is 6.20 Å². The van der Waals surface area contributed by atoms with Gasteiger partial charge in [0.2, 0.25) is 0 Å². The van der Waals surface area contributed by atoms with Gasteiger partial charge in [-0.3, -0.25) is 0 Å². The quantitative estimate of drug-likeness (QED) is 0.739. The van der Waals surface area contributed by atoms with Crippen molar-refractivity contribution in [3.8, 4) is 0 Å². The third kappa shape index (κ3) is 1.63. The third-order valence-electron chi connectivity index (χ3n) is 3.05. The normalized spacial score (nSPS) is 25.4. The molecule has 0 unspecified atom stereocenters. The maximum atomic E-state index is 12.6. The highest BCUT2D eigenvalue weighted by Gasteiger charge is 2.41. The molecule has 14 heavy (non-hydrogen) atoms. The first-order valence-corrected chi connectivity index (χ1v) is 5.10. The van der Waals surface area contributed by atoms with Crippen LogP contribution in [0, 0.1) is 11.8 Å². The van der Waals surface area contributed by atoms with Crippen molar-refractivity contribution in [3.05, 3.63) is 23.5 Å². The third-order valence-corrected chi connectivity index (χ3v) is 3.05. The van der Waals surface area contributed by atoms with Gasteiger partial charge in [-0.2, -0.15) is 10.2 Å². The van der Waals surface area contributed by atoms with Crippen LogP contribution in [0.25, 0.3) is 0 Å². The van der Waals surface area contributed by atoms with Crippen LogP contribution in [-0.2, 0) is 6.67 Å². The number of rotatable bonds is 3. The van der Waals surface area contributed by atoms with Crippen molar-refractivity contribution in [2.45, 2.75) is 32.9 Å². The number of aromatic nitrogens is 2. The molecular weight excluding hydrogens is 179 g/mol. The summed E-state index contributed by atoms with van der Waals surface area (Å²) in [7, 11) is 0. The van der Waals surface area contributed by atoms with Crippen molar-refractivity contribution < 1.29 is 4.39 Å². The van der Waals surface area contributed by atoms with Gasteiger partial charge in [0.15, 0.2) is 0 Å². The van der Waals surface area contributed by atoms with Crippen molar-refractivity contribution in [1.82, 2.24) is 10.2 Å². The summed E-state index contributed by atoms with van der Waals surface area (Å²) in [6.45, 7) is 3.94. The number of halogens is 1. The molecule has 1 saturated carbocycles. The standard InChI is InChI=1S/C11H15FN2/c1-7(2)9-5-10(9)8-3-4-13-14-11(8)6-12/h3-4,7,9-10H,5-6H2,1-2H3/t9-,10-/m1/s1. The van der Waals surface area contributed by atoms with Gasteiger partial charge in [0, 0.05) is 6.20 Å². The molecule has 0 saturated heterocycles. The van der Waals surface area contributed by atoms with Crippen LogP contribution in [0.15, 0.2) is 12.3 Å². The molecule has 0 bridgehead atoms. The maximum absolute atomic E-state index is 12.6. The van der Waals surface area contributed by atoms with E-state index in [-0.39, 0.29) is 0 Å². The van der Waals surface area contributed by atoms with Gasteiger partial charge in [-0.25, -0.2) is 4.39 Å². The number of hydrogen-bond acceptors (Lipinski definition) is 2. The average molecular weight is 194 g/mol. The number of hydrogen-bond donors (Lipinski definition) is 0. The minimum Gasteiger partial charge on any atom is -0.244 e. The van der Waals surface area contributed by atoms with E-state index in [4.69, 9.17) is 0 Å². The molecule has 2 atom stereocenters. The van der Waals surface area contributed by atoms with Crippen molar-refractivity contribution in [2.24, 2.45) is 11.8 Å². The highest BCUT2D eigenvalue weighted by Crippen LogP contribution is 2.52. The van der Waals surface area contributed by atoms with E-state index in [1.807, 2.05) is 6.07 Å². The van der Waals surface area contributed by atoms with E-state index in [2.05, 4.69) is 24.0 Å². The molecule has 0 aromatic carbocycles. The molecule has 0 aliphatic heterocycles. The van der Waals surface area contributed by atoms with E-state index >= 15 is 0 Å². The summed E-state index contributed by atoms with van der Waals surface area (Å²) in [5.41, 5.74) is 1.60. The monoisotopic (exact) mass is 194 g/mol. The number of nitrogens with zero attached hydrogens (tertiary/aromatic N) is 2. The van der Waals surface area contributed by atoms with Gasteiger partial charge < -0.3 is 0 Å². The second kappa shape index (κ2) is 3.64. The fourth-order valence-corrected chi connectivity index (χ4v) is 2.12. The number of alkyl halides is 1. The topological polar surface area (TPSA) is 25.8 Å². The first-order chi connectivity index (χ1) is 6.74. The lowest BCUT2D eigenvalue weighted by Gasteiger charge is -2.05. The molecule has 2 nitrogen and oxygen atoms in total. The molecule has 0 N–H and O–H groups in total. The molecule has 3 heteroatoms. The maximum Gasteiger partial charge on any atom is 0.134 e. The van der Waals surface area contributed by atoms with Crippen LogP contribution < -0.4 is 0 Å². The second-order valence-corrected chi connectivity index (χ2v) is 4.32. The minimum atomic E-state index is -0.496.